The first kappa shape index (κ1) is 29.4. The van der Waals surface area contributed by atoms with Crippen LogP contribution in [0.5, 0.6) is 0 Å². The van der Waals surface area contributed by atoms with Gasteiger partial charge < -0.3 is 15.1 Å². The summed E-state index contributed by atoms with van der Waals surface area (Å²) in [4.78, 5) is 31.4. The average molecular weight is 587 g/mol. The standard InChI is InChI=1S/C31H33Cl2N3O2.ClH/c1-31(17-20-35-18-4-5-19-35)16-6-7-23-21-24(32)12-15-28(23)36(31)30(38)22-10-13-25(14-11-22)34-29(37)26-8-2-3-9-27(26)33;/h2-3,8-15,21H,4-7,16-20H2,1H3,(H,34,37);1H. The first-order chi connectivity index (χ1) is 18.3. The van der Waals surface area contributed by atoms with Gasteiger partial charge in [-0.3, -0.25) is 9.59 Å². The SMILES string of the molecule is CC1(CCN2CCCC2)CCCc2cc(Cl)ccc2N1C(=O)c1ccc(NC(=O)c2ccccc2Cl)cc1.Cl. The minimum absolute atomic E-state index is 0. The molecule has 0 bridgehead atoms. The summed E-state index contributed by atoms with van der Waals surface area (Å²) in [5.41, 5.74) is 3.32. The number of carbonyl (C=O) groups is 2. The summed E-state index contributed by atoms with van der Waals surface area (Å²) >= 11 is 12.5. The fourth-order valence-electron chi connectivity index (χ4n) is 5.70. The molecule has 2 heterocycles. The lowest BCUT2D eigenvalue weighted by atomic mass is 9.89. The van der Waals surface area contributed by atoms with Gasteiger partial charge in [0.1, 0.15) is 0 Å². The molecular formula is C31H34Cl3N3O2. The molecule has 2 aliphatic heterocycles. The summed E-state index contributed by atoms with van der Waals surface area (Å²) in [5.74, 6) is -0.328. The van der Waals surface area contributed by atoms with E-state index in [9.17, 15) is 9.59 Å². The number of fused-ring (bicyclic) bond motifs is 1. The van der Waals surface area contributed by atoms with Crippen LogP contribution in [0.2, 0.25) is 10.0 Å². The largest absolute Gasteiger partial charge is 0.322 e. The van der Waals surface area contributed by atoms with Crippen molar-refractivity contribution in [3.05, 3.63) is 93.5 Å². The second-order valence-electron chi connectivity index (χ2n) is 10.6. The Hall–Kier alpha value is -2.57. The summed E-state index contributed by atoms with van der Waals surface area (Å²) in [6.07, 6.45) is 6.23. The topological polar surface area (TPSA) is 52.6 Å². The van der Waals surface area contributed by atoms with E-state index in [0.717, 1.165) is 56.6 Å². The van der Waals surface area contributed by atoms with Crippen molar-refractivity contribution in [3.8, 4) is 0 Å². The predicted octanol–water partition coefficient (Wildman–Crippen LogP) is 7.90. The zero-order valence-corrected chi connectivity index (χ0v) is 24.4. The van der Waals surface area contributed by atoms with Crippen molar-refractivity contribution in [1.82, 2.24) is 4.90 Å². The number of nitrogens with one attached hydrogen (secondary N) is 1. The molecule has 0 radical (unpaired) electrons. The van der Waals surface area contributed by atoms with Crippen molar-refractivity contribution >= 4 is 58.8 Å². The molecule has 3 aromatic carbocycles. The molecule has 5 nitrogen and oxygen atoms in total. The lowest BCUT2D eigenvalue weighted by Gasteiger charge is -2.42. The number of rotatable bonds is 6. The molecule has 0 saturated carbocycles. The van der Waals surface area contributed by atoms with Gasteiger partial charge in [0, 0.05) is 34.0 Å². The molecular weight excluding hydrogens is 553 g/mol. The van der Waals surface area contributed by atoms with Gasteiger partial charge in [-0.15, -0.1) is 12.4 Å². The van der Waals surface area contributed by atoms with Crippen LogP contribution in [0.25, 0.3) is 0 Å². The van der Waals surface area contributed by atoms with Crippen molar-refractivity contribution in [2.75, 3.05) is 29.9 Å². The molecule has 1 saturated heterocycles. The van der Waals surface area contributed by atoms with Gasteiger partial charge >= 0.3 is 0 Å². The highest BCUT2D eigenvalue weighted by Crippen LogP contribution is 2.40. The zero-order valence-electron chi connectivity index (χ0n) is 22.1. The van der Waals surface area contributed by atoms with Crippen LogP contribution in [0.15, 0.2) is 66.7 Å². The number of halogens is 3. The Balaban J connectivity index is 0.00000353. The number of amides is 2. The van der Waals surface area contributed by atoms with Crippen LogP contribution >= 0.6 is 35.6 Å². The highest BCUT2D eigenvalue weighted by atomic mass is 35.5. The number of carbonyl (C=O) groups excluding carboxylic acids is 2. The number of nitrogens with zero attached hydrogens (tertiary/aromatic N) is 2. The minimum Gasteiger partial charge on any atom is -0.322 e. The maximum absolute atomic E-state index is 14.2. The maximum atomic E-state index is 14.2. The van der Waals surface area contributed by atoms with Crippen LogP contribution in [-0.2, 0) is 6.42 Å². The van der Waals surface area contributed by atoms with Crippen molar-refractivity contribution in [1.29, 1.82) is 0 Å². The molecule has 1 unspecified atom stereocenters. The third kappa shape index (κ3) is 6.60. The Labute approximate surface area is 246 Å². The van der Waals surface area contributed by atoms with Gasteiger partial charge in [-0.25, -0.2) is 0 Å². The lowest BCUT2D eigenvalue weighted by Crippen LogP contribution is -2.51. The zero-order chi connectivity index (χ0) is 26.7. The van der Waals surface area contributed by atoms with Crippen molar-refractivity contribution in [2.24, 2.45) is 0 Å². The molecule has 1 N–H and O–H groups in total. The third-order valence-electron chi connectivity index (χ3n) is 7.86. The van der Waals surface area contributed by atoms with E-state index in [2.05, 4.69) is 17.1 Å². The highest BCUT2D eigenvalue weighted by molar-refractivity contribution is 6.34. The second kappa shape index (κ2) is 12.7. The lowest BCUT2D eigenvalue weighted by molar-refractivity contribution is 0.0948. The first-order valence-corrected chi connectivity index (χ1v) is 14.1. The summed E-state index contributed by atoms with van der Waals surface area (Å²) in [5, 5.41) is 3.96. The fraction of sp³-hybridized carbons (Fsp3) is 0.355. The molecule has 1 atom stereocenters. The summed E-state index contributed by atoms with van der Waals surface area (Å²) in [6.45, 7) is 5.48. The van der Waals surface area contributed by atoms with Crippen LogP contribution in [0.1, 0.15) is 65.3 Å². The van der Waals surface area contributed by atoms with E-state index in [1.807, 2.05) is 23.1 Å². The quantitative estimate of drug-likeness (QED) is 0.319. The highest BCUT2D eigenvalue weighted by Gasteiger charge is 2.39. The molecule has 3 aromatic rings. The van der Waals surface area contributed by atoms with Gasteiger partial charge in [-0.2, -0.15) is 0 Å². The Morgan fingerprint density at radius 1 is 0.949 bits per heavy atom. The van der Waals surface area contributed by atoms with Crippen LogP contribution in [0.3, 0.4) is 0 Å². The average Bonchev–Trinajstić information content (AvgIpc) is 3.38. The van der Waals surface area contributed by atoms with Crippen LogP contribution in [-0.4, -0.2) is 41.9 Å². The van der Waals surface area contributed by atoms with Crippen molar-refractivity contribution < 1.29 is 9.59 Å². The van der Waals surface area contributed by atoms with E-state index in [-0.39, 0.29) is 29.8 Å². The van der Waals surface area contributed by atoms with E-state index in [1.54, 1.807) is 48.5 Å². The number of hydrogen-bond donors (Lipinski definition) is 1. The Bertz CT molecular complexity index is 1320. The van der Waals surface area contributed by atoms with Crippen LogP contribution in [0.4, 0.5) is 11.4 Å². The molecule has 1 fully saturated rings. The molecule has 5 rings (SSSR count). The number of aryl methyl sites for hydroxylation is 1. The monoisotopic (exact) mass is 585 g/mol. The molecule has 8 heteroatoms. The molecule has 2 amide bonds. The van der Waals surface area contributed by atoms with E-state index < -0.39 is 0 Å². The summed E-state index contributed by atoms with van der Waals surface area (Å²) in [7, 11) is 0. The predicted molar refractivity (Wildman–Crippen MR) is 163 cm³/mol. The number of hydrogen-bond acceptors (Lipinski definition) is 3. The fourth-order valence-corrected chi connectivity index (χ4v) is 6.12. The number of benzene rings is 3. The molecule has 0 spiro atoms. The smallest absolute Gasteiger partial charge is 0.258 e. The molecule has 2 aliphatic rings. The Morgan fingerprint density at radius 3 is 2.38 bits per heavy atom. The summed E-state index contributed by atoms with van der Waals surface area (Å²) < 4.78 is 0. The maximum Gasteiger partial charge on any atom is 0.258 e. The number of anilines is 2. The van der Waals surface area contributed by atoms with Gasteiger partial charge in [0.25, 0.3) is 11.8 Å². The molecule has 0 aliphatic carbocycles. The normalized spacial score (nSPS) is 19.1. The minimum atomic E-state index is -0.324. The van der Waals surface area contributed by atoms with E-state index >= 15 is 0 Å². The van der Waals surface area contributed by atoms with Gasteiger partial charge in [0.2, 0.25) is 0 Å². The van der Waals surface area contributed by atoms with E-state index in [4.69, 9.17) is 23.2 Å². The Kier molecular flexibility index (Phi) is 9.60. The Morgan fingerprint density at radius 2 is 1.67 bits per heavy atom. The van der Waals surface area contributed by atoms with Gasteiger partial charge in [-0.05, 0) is 119 Å². The van der Waals surface area contributed by atoms with Crippen molar-refractivity contribution in [2.45, 2.75) is 51.0 Å². The third-order valence-corrected chi connectivity index (χ3v) is 8.43. The summed E-state index contributed by atoms with van der Waals surface area (Å²) in [6, 6.07) is 19.9. The van der Waals surface area contributed by atoms with E-state index in [1.165, 1.54) is 12.8 Å². The van der Waals surface area contributed by atoms with E-state index in [0.29, 0.717) is 26.9 Å². The van der Waals surface area contributed by atoms with Crippen LogP contribution < -0.4 is 10.2 Å². The van der Waals surface area contributed by atoms with Crippen molar-refractivity contribution in [3.63, 3.8) is 0 Å². The first-order valence-electron chi connectivity index (χ1n) is 13.4. The molecule has 39 heavy (non-hydrogen) atoms. The molecule has 206 valence electrons. The molecule has 0 aromatic heterocycles. The van der Waals surface area contributed by atoms with Crippen LogP contribution in [0, 0.1) is 0 Å². The second-order valence-corrected chi connectivity index (χ2v) is 11.4. The van der Waals surface area contributed by atoms with Gasteiger partial charge in [0.05, 0.1) is 10.6 Å². The number of likely N-dealkylation sites (tertiary alicyclic amines) is 1. The van der Waals surface area contributed by atoms with Gasteiger partial charge in [0.15, 0.2) is 0 Å². The van der Waals surface area contributed by atoms with Gasteiger partial charge in [-0.1, -0.05) is 35.3 Å².